The quantitative estimate of drug-likeness (QED) is 0.718. The predicted molar refractivity (Wildman–Crippen MR) is 59.9 cm³/mol. The Labute approximate surface area is 88.2 Å². The Kier molecular flexibility index (Phi) is 2.51. The number of carbonyl (C=O) groups excluding carboxylic acids is 1. The van der Waals surface area contributed by atoms with E-state index in [1.54, 1.807) is 0 Å². The molecule has 4 nitrogen and oxygen atoms in total. The van der Waals surface area contributed by atoms with E-state index in [-0.39, 0.29) is 5.91 Å². The summed E-state index contributed by atoms with van der Waals surface area (Å²) >= 11 is 0. The first-order valence-electron chi connectivity index (χ1n) is 4.95. The van der Waals surface area contributed by atoms with Gasteiger partial charge in [-0.2, -0.15) is 0 Å². The van der Waals surface area contributed by atoms with Gasteiger partial charge in [-0.3, -0.25) is 9.79 Å². The second-order valence-electron chi connectivity index (χ2n) is 3.41. The van der Waals surface area contributed by atoms with Crippen molar-refractivity contribution in [3.05, 3.63) is 29.8 Å². The lowest BCUT2D eigenvalue weighted by atomic mass is 10.1. The van der Waals surface area contributed by atoms with E-state index in [0.717, 1.165) is 23.4 Å². The van der Waals surface area contributed by atoms with Crippen LogP contribution in [0.4, 0.5) is 5.69 Å². The van der Waals surface area contributed by atoms with Crippen molar-refractivity contribution in [2.75, 3.05) is 5.32 Å². The molecule has 0 radical (unpaired) electrons. The molecule has 0 aliphatic carbocycles. The monoisotopic (exact) mass is 203 g/mol. The summed E-state index contributed by atoms with van der Waals surface area (Å²) in [6, 6.07) is 7.60. The minimum atomic E-state index is -0.799. The molecule has 15 heavy (non-hydrogen) atoms. The van der Waals surface area contributed by atoms with Crippen LogP contribution in [0.15, 0.2) is 29.3 Å². The number of hydrogen-bond acceptors (Lipinski definition) is 3. The molecule has 2 rings (SSSR count). The number of amides is 1. The molecule has 0 saturated carbocycles. The molecule has 1 aromatic carbocycles. The minimum Gasteiger partial charge on any atom is -0.322 e. The van der Waals surface area contributed by atoms with Gasteiger partial charge >= 0.3 is 0 Å². The van der Waals surface area contributed by atoms with Crippen LogP contribution in [0.25, 0.3) is 0 Å². The van der Waals surface area contributed by atoms with Crippen molar-refractivity contribution in [1.82, 2.24) is 0 Å². The van der Waals surface area contributed by atoms with E-state index >= 15 is 0 Å². The Hall–Kier alpha value is -1.68. The predicted octanol–water partition coefficient (Wildman–Crippen LogP) is 1.12. The normalized spacial score (nSPS) is 20.0. The van der Waals surface area contributed by atoms with Crippen molar-refractivity contribution in [3.63, 3.8) is 0 Å². The number of nitrogens with one attached hydrogen (secondary N) is 1. The van der Waals surface area contributed by atoms with Gasteiger partial charge in [-0.1, -0.05) is 25.1 Å². The topological polar surface area (TPSA) is 67.5 Å². The van der Waals surface area contributed by atoms with Crippen LogP contribution >= 0.6 is 0 Å². The van der Waals surface area contributed by atoms with Gasteiger partial charge in [0.1, 0.15) is 0 Å². The van der Waals surface area contributed by atoms with E-state index in [1.165, 1.54) is 0 Å². The van der Waals surface area contributed by atoms with Gasteiger partial charge in [0.15, 0.2) is 6.17 Å². The number of aliphatic imine (C=N–C) groups is 1. The van der Waals surface area contributed by atoms with Crippen molar-refractivity contribution in [2.24, 2.45) is 10.7 Å². The third-order valence-corrected chi connectivity index (χ3v) is 2.39. The summed E-state index contributed by atoms with van der Waals surface area (Å²) in [4.78, 5) is 15.7. The number of fused-ring (bicyclic) bond motifs is 1. The lowest BCUT2D eigenvalue weighted by Crippen LogP contribution is -2.33. The van der Waals surface area contributed by atoms with Gasteiger partial charge in [-0.15, -0.1) is 0 Å². The van der Waals surface area contributed by atoms with Gasteiger partial charge in [0.2, 0.25) is 0 Å². The summed E-state index contributed by atoms with van der Waals surface area (Å²) in [6.07, 6.45) is -0.0352. The Bertz CT molecular complexity index is 426. The van der Waals surface area contributed by atoms with Crippen LogP contribution in [0.3, 0.4) is 0 Å². The summed E-state index contributed by atoms with van der Waals surface area (Å²) < 4.78 is 0. The molecule has 1 aromatic rings. The highest BCUT2D eigenvalue weighted by Gasteiger charge is 2.20. The first-order valence-corrected chi connectivity index (χ1v) is 4.95. The standard InChI is InChI=1S/C11H13N3O/c1-2-8-7-5-3-4-6-9(7)14-11(15)10(12)13-8/h3-6,10H,2,12H2,1H3,(H,14,15). The summed E-state index contributed by atoms with van der Waals surface area (Å²) in [6.45, 7) is 2.00. The third-order valence-electron chi connectivity index (χ3n) is 2.39. The number of carbonyl (C=O) groups is 1. The maximum Gasteiger partial charge on any atom is 0.263 e. The van der Waals surface area contributed by atoms with Crippen LogP contribution in [0.5, 0.6) is 0 Å². The highest BCUT2D eigenvalue weighted by molar-refractivity contribution is 6.11. The summed E-state index contributed by atoms with van der Waals surface area (Å²) in [7, 11) is 0. The molecule has 1 atom stereocenters. The highest BCUT2D eigenvalue weighted by Crippen LogP contribution is 2.20. The van der Waals surface area contributed by atoms with E-state index in [1.807, 2.05) is 31.2 Å². The Morgan fingerprint density at radius 1 is 1.47 bits per heavy atom. The maximum absolute atomic E-state index is 11.5. The number of nitrogens with two attached hydrogens (primary N) is 1. The molecule has 1 unspecified atom stereocenters. The number of nitrogens with zero attached hydrogens (tertiary/aromatic N) is 1. The SMILES string of the molecule is CCC1=NC(N)C(=O)Nc2ccccc21. The van der Waals surface area contributed by atoms with Crippen LogP contribution in [-0.2, 0) is 4.79 Å². The molecule has 1 aliphatic heterocycles. The first kappa shape index (κ1) is 9.86. The molecule has 1 aliphatic rings. The Morgan fingerprint density at radius 2 is 2.20 bits per heavy atom. The summed E-state index contributed by atoms with van der Waals surface area (Å²) in [5.74, 6) is -0.258. The van der Waals surface area contributed by atoms with Gasteiger partial charge in [0.25, 0.3) is 5.91 Å². The largest absolute Gasteiger partial charge is 0.322 e. The summed E-state index contributed by atoms with van der Waals surface area (Å²) in [5, 5.41) is 2.76. The van der Waals surface area contributed by atoms with E-state index in [9.17, 15) is 4.79 Å². The number of para-hydroxylation sites is 1. The molecule has 0 saturated heterocycles. The molecule has 3 N–H and O–H groups in total. The third kappa shape index (κ3) is 1.76. The van der Waals surface area contributed by atoms with Crippen LogP contribution in [-0.4, -0.2) is 17.8 Å². The van der Waals surface area contributed by atoms with Gasteiger partial charge in [0, 0.05) is 17.0 Å². The fraction of sp³-hybridized carbons (Fsp3) is 0.273. The molecule has 1 amide bonds. The van der Waals surface area contributed by atoms with E-state index in [4.69, 9.17) is 5.73 Å². The number of benzodiazepines with no additional fused rings is 1. The van der Waals surface area contributed by atoms with Crippen LogP contribution < -0.4 is 11.1 Å². The van der Waals surface area contributed by atoms with Gasteiger partial charge in [-0.25, -0.2) is 0 Å². The number of hydrogen-bond donors (Lipinski definition) is 2. The van der Waals surface area contributed by atoms with Gasteiger partial charge in [-0.05, 0) is 12.5 Å². The van der Waals surface area contributed by atoms with Crippen molar-refractivity contribution < 1.29 is 4.79 Å². The van der Waals surface area contributed by atoms with Gasteiger partial charge < -0.3 is 11.1 Å². The molecule has 0 aromatic heterocycles. The maximum atomic E-state index is 11.5. The molecule has 4 heteroatoms. The zero-order valence-electron chi connectivity index (χ0n) is 8.53. The van der Waals surface area contributed by atoms with Crippen LogP contribution in [0.2, 0.25) is 0 Å². The smallest absolute Gasteiger partial charge is 0.263 e. The Morgan fingerprint density at radius 3 is 2.93 bits per heavy atom. The molecule has 0 spiro atoms. The minimum absolute atomic E-state index is 0.258. The van der Waals surface area contributed by atoms with E-state index < -0.39 is 6.17 Å². The fourth-order valence-electron chi connectivity index (χ4n) is 1.63. The molecule has 1 heterocycles. The average Bonchev–Trinajstić information content (AvgIpc) is 2.37. The van der Waals surface area contributed by atoms with E-state index in [2.05, 4.69) is 10.3 Å². The molecule has 0 bridgehead atoms. The van der Waals surface area contributed by atoms with E-state index in [0.29, 0.717) is 0 Å². The number of anilines is 1. The van der Waals surface area contributed by atoms with Gasteiger partial charge in [0.05, 0.1) is 0 Å². The van der Waals surface area contributed by atoms with Crippen molar-refractivity contribution >= 4 is 17.3 Å². The molecular weight excluding hydrogens is 190 g/mol. The lowest BCUT2D eigenvalue weighted by Gasteiger charge is -2.06. The van der Waals surface area contributed by atoms with Crippen LogP contribution in [0, 0.1) is 0 Å². The van der Waals surface area contributed by atoms with Crippen LogP contribution in [0.1, 0.15) is 18.9 Å². The fourth-order valence-corrected chi connectivity index (χ4v) is 1.63. The molecular formula is C11H13N3O. The zero-order chi connectivity index (χ0) is 10.8. The number of rotatable bonds is 1. The second kappa shape index (κ2) is 3.82. The van der Waals surface area contributed by atoms with Crippen molar-refractivity contribution in [3.8, 4) is 0 Å². The molecule has 78 valence electrons. The Balaban J connectivity index is 2.55. The molecule has 0 fully saturated rings. The second-order valence-corrected chi connectivity index (χ2v) is 3.41. The number of benzene rings is 1. The highest BCUT2D eigenvalue weighted by atomic mass is 16.2. The van der Waals surface area contributed by atoms with Crippen molar-refractivity contribution in [1.29, 1.82) is 0 Å². The summed E-state index contributed by atoms with van der Waals surface area (Å²) in [5.41, 5.74) is 8.24. The lowest BCUT2D eigenvalue weighted by molar-refractivity contribution is -0.117. The average molecular weight is 203 g/mol. The zero-order valence-corrected chi connectivity index (χ0v) is 8.53. The van der Waals surface area contributed by atoms with Crippen molar-refractivity contribution in [2.45, 2.75) is 19.5 Å². The first-order chi connectivity index (χ1) is 7.22.